The van der Waals surface area contributed by atoms with Gasteiger partial charge < -0.3 is 5.32 Å². The summed E-state index contributed by atoms with van der Waals surface area (Å²) in [6, 6.07) is 6.90. The van der Waals surface area contributed by atoms with Crippen LogP contribution in [0.25, 0.3) is 0 Å². The van der Waals surface area contributed by atoms with Crippen LogP contribution in [0.4, 0.5) is 0 Å². The molecule has 0 spiro atoms. The highest BCUT2D eigenvalue weighted by Gasteiger charge is 2.38. The molecule has 1 nitrogen and oxygen atoms in total. The lowest BCUT2D eigenvalue weighted by atomic mass is 9.67. The van der Waals surface area contributed by atoms with Gasteiger partial charge in [-0.05, 0) is 48.9 Å². The van der Waals surface area contributed by atoms with Gasteiger partial charge in [0.1, 0.15) is 0 Å². The molecule has 0 bridgehead atoms. The lowest BCUT2D eigenvalue weighted by Crippen LogP contribution is -2.48. The standard InChI is InChI=1S/C14H19BrClN/c1-3-6-17-14-8-12(9(14)2)11-5-4-10(15)7-13(11)16/h4-5,7,9,12,14,17H,3,6,8H2,1-2H3. The first-order valence-electron chi connectivity index (χ1n) is 6.31. The van der Waals surface area contributed by atoms with Crippen molar-refractivity contribution in [3.8, 4) is 0 Å². The van der Waals surface area contributed by atoms with Crippen molar-refractivity contribution >= 4 is 27.5 Å². The van der Waals surface area contributed by atoms with Crippen molar-refractivity contribution in [2.75, 3.05) is 6.54 Å². The first-order valence-corrected chi connectivity index (χ1v) is 7.49. The second kappa shape index (κ2) is 5.73. The highest BCUT2D eigenvalue weighted by Crippen LogP contribution is 2.45. The Bertz CT molecular complexity index is 394. The zero-order chi connectivity index (χ0) is 12.4. The zero-order valence-electron chi connectivity index (χ0n) is 10.3. The molecule has 1 aliphatic carbocycles. The van der Waals surface area contributed by atoms with E-state index in [1.54, 1.807) is 0 Å². The van der Waals surface area contributed by atoms with Crippen LogP contribution in [0.1, 0.15) is 38.2 Å². The number of nitrogens with one attached hydrogen (secondary N) is 1. The summed E-state index contributed by atoms with van der Waals surface area (Å²) in [5.41, 5.74) is 1.30. The Labute approximate surface area is 117 Å². The molecule has 3 heteroatoms. The summed E-state index contributed by atoms with van der Waals surface area (Å²) < 4.78 is 1.05. The summed E-state index contributed by atoms with van der Waals surface area (Å²) >= 11 is 9.75. The molecule has 0 amide bonds. The Morgan fingerprint density at radius 3 is 2.82 bits per heavy atom. The molecular weight excluding hydrogens is 298 g/mol. The minimum Gasteiger partial charge on any atom is -0.314 e. The largest absolute Gasteiger partial charge is 0.314 e. The molecule has 1 fully saturated rings. The van der Waals surface area contributed by atoms with E-state index in [-0.39, 0.29) is 0 Å². The molecule has 0 aromatic heterocycles. The Morgan fingerprint density at radius 1 is 1.47 bits per heavy atom. The molecule has 3 unspecified atom stereocenters. The predicted octanol–water partition coefficient (Wildman–Crippen LogP) is 4.59. The third-order valence-electron chi connectivity index (χ3n) is 3.80. The molecule has 2 rings (SSSR count). The van der Waals surface area contributed by atoms with Gasteiger partial charge >= 0.3 is 0 Å². The van der Waals surface area contributed by atoms with Gasteiger partial charge in [0.25, 0.3) is 0 Å². The van der Waals surface area contributed by atoms with Crippen LogP contribution in [0.15, 0.2) is 22.7 Å². The van der Waals surface area contributed by atoms with Crippen LogP contribution < -0.4 is 5.32 Å². The van der Waals surface area contributed by atoms with Gasteiger partial charge in [0.05, 0.1) is 0 Å². The molecule has 0 radical (unpaired) electrons. The second-order valence-corrected chi connectivity index (χ2v) is 6.25. The molecule has 3 atom stereocenters. The Balaban J connectivity index is 2.01. The van der Waals surface area contributed by atoms with Crippen LogP contribution in [0.3, 0.4) is 0 Å². The summed E-state index contributed by atoms with van der Waals surface area (Å²) in [5.74, 6) is 1.30. The van der Waals surface area contributed by atoms with Gasteiger partial charge in [0.15, 0.2) is 0 Å². The smallest absolute Gasteiger partial charge is 0.0452 e. The molecular formula is C14H19BrClN. The third kappa shape index (κ3) is 2.86. The van der Waals surface area contributed by atoms with Crippen LogP contribution in [0.5, 0.6) is 0 Å². The number of hydrogen-bond acceptors (Lipinski definition) is 1. The number of hydrogen-bond donors (Lipinski definition) is 1. The van der Waals surface area contributed by atoms with Gasteiger partial charge in [-0.3, -0.25) is 0 Å². The van der Waals surface area contributed by atoms with Crippen molar-refractivity contribution < 1.29 is 0 Å². The Kier molecular flexibility index (Phi) is 4.51. The highest BCUT2D eigenvalue weighted by molar-refractivity contribution is 9.10. The normalized spacial score (nSPS) is 27.9. The molecule has 1 aliphatic rings. The van der Waals surface area contributed by atoms with Crippen LogP contribution in [-0.4, -0.2) is 12.6 Å². The Morgan fingerprint density at radius 2 is 2.24 bits per heavy atom. The van der Waals surface area contributed by atoms with E-state index in [2.05, 4.69) is 47.2 Å². The number of halogens is 2. The quantitative estimate of drug-likeness (QED) is 0.856. The van der Waals surface area contributed by atoms with Gasteiger partial charge in [0.2, 0.25) is 0 Å². The fourth-order valence-corrected chi connectivity index (χ4v) is 3.41. The van der Waals surface area contributed by atoms with Crippen molar-refractivity contribution in [1.29, 1.82) is 0 Å². The lowest BCUT2D eigenvalue weighted by molar-refractivity contribution is 0.185. The van der Waals surface area contributed by atoms with E-state index in [0.29, 0.717) is 17.9 Å². The van der Waals surface area contributed by atoms with E-state index in [0.717, 1.165) is 16.0 Å². The average molecular weight is 317 g/mol. The third-order valence-corrected chi connectivity index (χ3v) is 4.62. The summed E-state index contributed by atoms with van der Waals surface area (Å²) in [7, 11) is 0. The van der Waals surface area contributed by atoms with E-state index in [1.165, 1.54) is 18.4 Å². The summed E-state index contributed by atoms with van der Waals surface area (Å²) in [6.45, 7) is 5.65. The van der Waals surface area contributed by atoms with Crippen molar-refractivity contribution in [2.45, 2.75) is 38.6 Å². The first kappa shape index (κ1) is 13.4. The molecule has 1 aromatic rings. The SMILES string of the molecule is CCCNC1CC(c2ccc(Br)cc2Cl)C1C. The topological polar surface area (TPSA) is 12.0 Å². The number of benzene rings is 1. The fraction of sp³-hybridized carbons (Fsp3) is 0.571. The number of rotatable bonds is 4. The second-order valence-electron chi connectivity index (χ2n) is 4.93. The lowest BCUT2D eigenvalue weighted by Gasteiger charge is -2.44. The maximum absolute atomic E-state index is 6.30. The molecule has 0 aliphatic heterocycles. The molecule has 94 valence electrons. The molecule has 1 N–H and O–H groups in total. The van der Waals surface area contributed by atoms with Gasteiger partial charge in [0, 0.05) is 15.5 Å². The van der Waals surface area contributed by atoms with Crippen molar-refractivity contribution in [3.63, 3.8) is 0 Å². The summed E-state index contributed by atoms with van der Waals surface area (Å²) in [6.07, 6.45) is 2.41. The maximum Gasteiger partial charge on any atom is 0.0452 e. The van der Waals surface area contributed by atoms with Gasteiger partial charge in [-0.25, -0.2) is 0 Å². The molecule has 0 saturated heterocycles. The van der Waals surface area contributed by atoms with Gasteiger partial charge in [-0.1, -0.05) is 47.4 Å². The maximum atomic E-state index is 6.30. The van der Waals surface area contributed by atoms with Crippen molar-refractivity contribution in [3.05, 3.63) is 33.3 Å². The minimum atomic E-state index is 0.616. The first-order chi connectivity index (χ1) is 8.13. The van der Waals surface area contributed by atoms with Crippen LogP contribution in [0, 0.1) is 5.92 Å². The summed E-state index contributed by atoms with van der Waals surface area (Å²) in [4.78, 5) is 0. The van der Waals surface area contributed by atoms with Crippen LogP contribution in [-0.2, 0) is 0 Å². The fourth-order valence-electron chi connectivity index (χ4n) is 2.60. The molecule has 1 aromatic carbocycles. The van der Waals surface area contributed by atoms with E-state index >= 15 is 0 Å². The van der Waals surface area contributed by atoms with E-state index in [1.807, 2.05) is 6.07 Å². The molecule has 1 saturated carbocycles. The van der Waals surface area contributed by atoms with Crippen LogP contribution in [0.2, 0.25) is 5.02 Å². The monoisotopic (exact) mass is 315 g/mol. The zero-order valence-corrected chi connectivity index (χ0v) is 12.7. The van der Waals surface area contributed by atoms with Crippen molar-refractivity contribution in [1.82, 2.24) is 5.32 Å². The predicted molar refractivity (Wildman–Crippen MR) is 77.8 cm³/mol. The van der Waals surface area contributed by atoms with E-state index in [9.17, 15) is 0 Å². The van der Waals surface area contributed by atoms with E-state index in [4.69, 9.17) is 11.6 Å². The van der Waals surface area contributed by atoms with Gasteiger partial charge in [-0.2, -0.15) is 0 Å². The molecule has 0 heterocycles. The molecule has 17 heavy (non-hydrogen) atoms. The Hall–Kier alpha value is -0.0500. The van der Waals surface area contributed by atoms with Crippen molar-refractivity contribution in [2.24, 2.45) is 5.92 Å². The summed E-state index contributed by atoms with van der Waals surface area (Å²) in [5, 5.41) is 4.49. The minimum absolute atomic E-state index is 0.616. The van der Waals surface area contributed by atoms with Gasteiger partial charge in [-0.15, -0.1) is 0 Å². The van der Waals surface area contributed by atoms with Crippen LogP contribution >= 0.6 is 27.5 Å². The average Bonchev–Trinajstić information content (AvgIpc) is 2.30. The van der Waals surface area contributed by atoms with E-state index < -0.39 is 0 Å². The highest BCUT2D eigenvalue weighted by atomic mass is 79.9.